The van der Waals surface area contributed by atoms with Crippen molar-refractivity contribution in [1.82, 2.24) is 9.62 Å². The Morgan fingerprint density at radius 2 is 1.66 bits per heavy atom. The molecule has 0 saturated carbocycles. The van der Waals surface area contributed by atoms with E-state index in [1.54, 1.807) is 45.4 Å². The lowest BCUT2D eigenvalue weighted by atomic mass is 9.99. The number of nitrogens with one attached hydrogen (secondary N) is 1. The summed E-state index contributed by atoms with van der Waals surface area (Å²) in [7, 11) is -0.585. The molecule has 1 amide bonds. The van der Waals surface area contributed by atoms with E-state index >= 15 is 0 Å². The second-order valence-corrected chi connectivity index (χ2v) is 9.49. The molecule has 0 aromatic heterocycles. The van der Waals surface area contributed by atoms with Gasteiger partial charge >= 0.3 is 10.2 Å². The first-order valence-electron chi connectivity index (χ1n) is 10.7. The smallest absolute Gasteiger partial charge is 0.304 e. The molecule has 0 unspecified atom stereocenters. The fourth-order valence-electron chi connectivity index (χ4n) is 3.81. The molecule has 9 heteroatoms. The number of ether oxygens (including phenoxy) is 2. The number of nitrogens with zero attached hydrogens (tertiary/aromatic N) is 2. The number of hydrogen-bond donors (Lipinski definition) is 1. The van der Waals surface area contributed by atoms with E-state index in [-0.39, 0.29) is 18.4 Å². The third-order valence-electron chi connectivity index (χ3n) is 5.63. The summed E-state index contributed by atoms with van der Waals surface area (Å²) >= 11 is 0. The van der Waals surface area contributed by atoms with Crippen LogP contribution in [-0.4, -0.2) is 52.5 Å². The lowest BCUT2D eigenvalue weighted by molar-refractivity contribution is -0.126. The van der Waals surface area contributed by atoms with E-state index in [1.165, 1.54) is 8.61 Å². The van der Waals surface area contributed by atoms with Gasteiger partial charge in [-0.15, -0.1) is 0 Å². The summed E-state index contributed by atoms with van der Waals surface area (Å²) in [6.07, 6.45) is 1.30. The maximum absolute atomic E-state index is 13.4. The zero-order chi connectivity index (χ0) is 23.1. The van der Waals surface area contributed by atoms with Crippen LogP contribution in [0.5, 0.6) is 11.5 Å². The van der Waals surface area contributed by atoms with Crippen molar-refractivity contribution in [2.45, 2.75) is 26.3 Å². The molecule has 0 bridgehead atoms. The van der Waals surface area contributed by atoms with E-state index in [4.69, 9.17) is 9.47 Å². The Balaban J connectivity index is 1.65. The number of anilines is 1. The molecule has 8 nitrogen and oxygen atoms in total. The Labute approximate surface area is 190 Å². The molecule has 3 rings (SSSR count). The first-order valence-corrected chi connectivity index (χ1v) is 12.1. The normalized spacial score (nSPS) is 16.9. The number of methoxy groups -OCH3 is 2. The van der Waals surface area contributed by atoms with Gasteiger partial charge in [-0.1, -0.05) is 12.1 Å². The third kappa shape index (κ3) is 5.52. The van der Waals surface area contributed by atoms with Crippen LogP contribution in [0.15, 0.2) is 48.5 Å². The third-order valence-corrected chi connectivity index (χ3v) is 7.64. The Morgan fingerprint density at radius 1 is 1.06 bits per heavy atom. The highest BCUT2D eigenvalue weighted by molar-refractivity contribution is 7.90. The fourth-order valence-corrected chi connectivity index (χ4v) is 5.53. The van der Waals surface area contributed by atoms with E-state index in [2.05, 4.69) is 5.32 Å². The van der Waals surface area contributed by atoms with Crippen LogP contribution in [0.1, 0.15) is 25.3 Å². The van der Waals surface area contributed by atoms with Gasteiger partial charge in [0.1, 0.15) is 11.5 Å². The van der Waals surface area contributed by atoms with Gasteiger partial charge in [0.15, 0.2) is 0 Å². The Hall–Kier alpha value is -2.78. The quantitative estimate of drug-likeness (QED) is 0.620. The average Bonchev–Trinajstić information content (AvgIpc) is 2.83. The minimum atomic E-state index is -3.76. The molecule has 0 radical (unpaired) electrons. The minimum Gasteiger partial charge on any atom is -0.497 e. The van der Waals surface area contributed by atoms with Crippen LogP contribution in [0.2, 0.25) is 0 Å². The van der Waals surface area contributed by atoms with Gasteiger partial charge in [-0.2, -0.15) is 12.7 Å². The van der Waals surface area contributed by atoms with Crippen LogP contribution >= 0.6 is 0 Å². The van der Waals surface area contributed by atoms with E-state index in [0.717, 1.165) is 11.3 Å². The Morgan fingerprint density at radius 3 is 2.22 bits per heavy atom. The Bertz CT molecular complexity index is 993. The van der Waals surface area contributed by atoms with Gasteiger partial charge in [0, 0.05) is 26.2 Å². The summed E-state index contributed by atoms with van der Waals surface area (Å²) in [5.74, 6) is 0.902. The first-order chi connectivity index (χ1) is 15.4. The second-order valence-electron chi connectivity index (χ2n) is 7.63. The molecule has 2 aromatic rings. The van der Waals surface area contributed by atoms with E-state index in [9.17, 15) is 13.2 Å². The number of rotatable bonds is 9. The van der Waals surface area contributed by atoms with Crippen LogP contribution in [-0.2, 0) is 21.5 Å². The van der Waals surface area contributed by atoms with E-state index in [0.29, 0.717) is 43.9 Å². The van der Waals surface area contributed by atoms with Gasteiger partial charge in [-0.25, -0.2) is 0 Å². The largest absolute Gasteiger partial charge is 0.497 e. The molecule has 1 aliphatic rings. The molecular formula is C23H31N3O5S. The summed E-state index contributed by atoms with van der Waals surface area (Å²) < 4.78 is 39.8. The standard InChI is InChI=1S/C23H31N3O5S/c1-4-26(20-9-13-22(31-3)14-10-20)32(28,29)25-15-5-6-19(17-25)23(27)24-16-18-7-11-21(30-2)12-8-18/h7-14,19H,4-6,15-17H2,1-3H3,(H,24,27)/t19-/m1/s1. The lowest BCUT2D eigenvalue weighted by Crippen LogP contribution is -2.50. The van der Waals surface area contributed by atoms with Crippen LogP contribution in [0.25, 0.3) is 0 Å². The van der Waals surface area contributed by atoms with Crippen molar-refractivity contribution in [3.63, 3.8) is 0 Å². The predicted molar refractivity (Wildman–Crippen MR) is 124 cm³/mol. The van der Waals surface area contributed by atoms with Crippen LogP contribution in [0, 0.1) is 5.92 Å². The van der Waals surface area contributed by atoms with Gasteiger partial charge in [0.25, 0.3) is 0 Å². The van der Waals surface area contributed by atoms with Gasteiger partial charge in [-0.3, -0.25) is 9.10 Å². The van der Waals surface area contributed by atoms with Crippen molar-refractivity contribution in [2.24, 2.45) is 5.92 Å². The van der Waals surface area contributed by atoms with E-state index < -0.39 is 10.2 Å². The fraction of sp³-hybridized carbons (Fsp3) is 0.435. The van der Waals surface area contributed by atoms with Crippen molar-refractivity contribution < 1.29 is 22.7 Å². The SMILES string of the molecule is CCN(c1ccc(OC)cc1)S(=O)(=O)N1CCC[C@@H](C(=O)NCc2ccc(OC)cc2)C1. The molecule has 1 saturated heterocycles. The van der Waals surface area contributed by atoms with Crippen molar-refractivity contribution in [3.8, 4) is 11.5 Å². The van der Waals surface area contributed by atoms with Crippen molar-refractivity contribution in [2.75, 3.05) is 38.2 Å². The summed E-state index contributed by atoms with van der Waals surface area (Å²) in [4.78, 5) is 12.8. The molecule has 32 heavy (non-hydrogen) atoms. The van der Waals surface area contributed by atoms with Crippen LogP contribution in [0.3, 0.4) is 0 Å². The zero-order valence-corrected chi connectivity index (χ0v) is 19.6. The summed E-state index contributed by atoms with van der Waals surface area (Å²) in [6, 6.07) is 14.4. The lowest BCUT2D eigenvalue weighted by Gasteiger charge is -2.35. The molecule has 174 valence electrons. The van der Waals surface area contributed by atoms with Gasteiger partial charge < -0.3 is 14.8 Å². The maximum atomic E-state index is 13.4. The van der Waals surface area contributed by atoms with E-state index in [1.807, 2.05) is 24.3 Å². The van der Waals surface area contributed by atoms with Crippen molar-refractivity contribution >= 4 is 21.8 Å². The highest BCUT2D eigenvalue weighted by Gasteiger charge is 2.35. The summed E-state index contributed by atoms with van der Waals surface area (Å²) in [5, 5.41) is 2.94. The molecule has 0 aliphatic carbocycles. The predicted octanol–water partition coefficient (Wildman–Crippen LogP) is 2.80. The van der Waals surface area contributed by atoms with Crippen LogP contribution in [0.4, 0.5) is 5.69 Å². The topological polar surface area (TPSA) is 88.2 Å². The second kappa shape index (κ2) is 10.7. The number of carbonyl (C=O) groups excluding carboxylic acids is 1. The monoisotopic (exact) mass is 461 g/mol. The molecule has 1 atom stereocenters. The molecule has 1 heterocycles. The number of carbonyl (C=O) groups is 1. The average molecular weight is 462 g/mol. The highest BCUT2D eigenvalue weighted by atomic mass is 32.2. The van der Waals surface area contributed by atoms with Crippen LogP contribution < -0.4 is 19.1 Å². The highest BCUT2D eigenvalue weighted by Crippen LogP contribution is 2.27. The first kappa shape index (κ1) is 23.9. The maximum Gasteiger partial charge on any atom is 0.304 e. The van der Waals surface area contributed by atoms with Crippen molar-refractivity contribution in [3.05, 3.63) is 54.1 Å². The molecule has 2 aromatic carbocycles. The van der Waals surface area contributed by atoms with Gasteiger partial charge in [-0.05, 0) is 61.7 Å². The van der Waals surface area contributed by atoms with Gasteiger partial charge in [0.05, 0.1) is 25.8 Å². The molecule has 1 fully saturated rings. The summed E-state index contributed by atoms with van der Waals surface area (Å²) in [6.45, 7) is 3.05. The number of piperidine rings is 1. The van der Waals surface area contributed by atoms with Crippen molar-refractivity contribution in [1.29, 1.82) is 0 Å². The Kier molecular flexibility index (Phi) is 7.98. The minimum absolute atomic E-state index is 0.131. The number of benzene rings is 2. The number of hydrogen-bond acceptors (Lipinski definition) is 5. The molecule has 1 N–H and O–H groups in total. The van der Waals surface area contributed by atoms with Gasteiger partial charge in [0.2, 0.25) is 5.91 Å². The molecular weight excluding hydrogens is 430 g/mol. The molecule has 1 aliphatic heterocycles. The molecule has 0 spiro atoms. The zero-order valence-electron chi connectivity index (χ0n) is 18.8. The summed E-state index contributed by atoms with van der Waals surface area (Å²) in [5.41, 5.74) is 1.52. The number of amides is 1.